The number of halogens is 2. The van der Waals surface area contributed by atoms with Gasteiger partial charge in [-0.1, -0.05) is 29.3 Å². The van der Waals surface area contributed by atoms with Gasteiger partial charge in [-0.05, 0) is 25.1 Å². The first-order chi connectivity index (χ1) is 9.63. The summed E-state index contributed by atoms with van der Waals surface area (Å²) in [4.78, 5) is 4.18. The number of rotatable bonds is 3. The molecule has 0 aliphatic rings. The Kier molecular flexibility index (Phi) is 3.46. The maximum absolute atomic E-state index is 5.91. The lowest BCUT2D eigenvalue weighted by atomic mass is 10.3. The molecule has 0 bridgehead atoms. The van der Waals surface area contributed by atoms with Crippen LogP contribution >= 0.6 is 23.2 Å². The van der Waals surface area contributed by atoms with Crippen molar-refractivity contribution in [2.24, 2.45) is 0 Å². The fourth-order valence-corrected chi connectivity index (χ4v) is 2.32. The fourth-order valence-electron chi connectivity index (χ4n) is 1.92. The Balaban J connectivity index is 1.88. The van der Waals surface area contributed by atoms with Gasteiger partial charge >= 0.3 is 0 Å². The Morgan fingerprint density at radius 2 is 2.05 bits per heavy atom. The molecule has 2 heterocycles. The average Bonchev–Trinajstić information content (AvgIpc) is 2.79. The molecule has 0 amide bonds. The van der Waals surface area contributed by atoms with E-state index in [9.17, 15) is 0 Å². The zero-order chi connectivity index (χ0) is 14.1. The number of ether oxygens (including phenoxy) is 1. The van der Waals surface area contributed by atoms with Crippen LogP contribution in [-0.2, 0) is 6.61 Å². The summed E-state index contributed by atoms with van der Waals surface area (Å²) >= 11 is 11.8. The van der Waals surface area contributed by atoms with E-state index in [1.165, 1.54) is 0 Å². The minimum atomic E-state index is 0.270. The Hall–Kier alpha value is -1.85. The highest BCUT2D eigenvalue weighted by molar-refractivity contribution is 6.30. The highest BCUT2D eigenvalue weighted by atomic mass is 35.5. The summed E-state index contributed by atoms with van der Waals surface area (Å²) in [7, 11) is 0. The molecular weight excluding hydrogens is 299 g/mol. The second-order valence-electron chi connectivity index (χ2n) is 4.18. The molecule has 2 aromatic heterocycles. The summed E-state index contributed by atoms with van der Waals surface area (Å²) in [6.45, 7) is 2.11. The lowest BCUT2D eigenvalue weighted by molar-refractivity contribution is 0.294. The molecule has 0 N–H and O–H groups in total. The molecule has 5 nitrogen and oxygen atoms in total. The highest BCUT2D eigenvalue weighted by Crippen LogP contribution is 2.19. The monoisotopic (exact) mass is 308 g/mol. The first-order valence-corrected chi connectivity index (χ1v) is 6.64. The van der Waals surface area contributed by atoms with Crippen LogP contribution < -0.4 is 4.74 Å². The summed E-state index contributed by atoms with van der Waals surface area (Å²) in [5.41, 5.74) is 0.646. The highest BCUT2D eigenvalue weighted by Gasteiger charge is 2.10. The van der Waals surface area contributed by atoms with Crippen LogP contribution in [0.4, 0.5) is 0 Å². The second-order valence-corrected chi connectivity index (χ2v) is 5.01. The number of hydrogen-bond donors (Lipinski definition) is 0. The van der Waals surface area contributed by atoms with Gasteiger partial charge < -0.3 is 4.74 Å². The molecule has 102 valence electrons. The molecule has 3 rings (SSSR count). The molecule has 0 saturated carbocycles. The van der Waals surface area contributed by atoms with Crippen molar-refractivity contribution in [3.63, 3.8) is 0 Å². The number of nitrogens with zero attached hydrogens (tertiary/aromatic N) is 4. The molecule has 20 heavy (non-hydrogen) atoms. The largest absolute Gasteiger partial charge is 0.486 e. The van der Waals surface area contributed by atoms with Crippen LogP contribution in [0.3, 0.4) is 0 Å². The van der Waals surface area contributed by atoms with Crippen molar-refractivity contribution in [3.05, 3.63) is 52.2 Å². The first kappa shape index (κ1) is 13.1. The molecule has 1 aromatic carbocycles. The number of fused-ring (bicyclic) bond motifs is 1. The molecule has 0 aliphatic heterocycles. The maximum atomic E-state index is 5.91. The van der Waals surface area contributed by atoms with Gasteiger partial charge in [0.15, 0.2) is 11.5 Å². The zero-order valence-corrected chi connectivity index (χ0v) is 12.1. The third-order valence-electron chi connectivity index (χ3n) is 2.76. The van der Waals surface area contributed by atoms with Crippen molar-refractivity contribution in [3.8, 4) is 5.75 Å². The van der Waals surface area contributed by atoms with Gasteiger partial charge in [0, 0.05) is 11.1 Å². The molecule has 0 unspecified atom stereocenters. The number of hydrogen-bond acceptors (Lipinski definition) is 4. The molecule has 0 atom stereocenters. The van der Waals surface area contributed by atoms with Crippen molar-refractivity contribution in [2.45, 2.75) is 13.5 Å². The molecular formula is C13H10Cl2N4O. The minimum Gasteiger partial charge on any atom is -0.486 e. The van der Waals surface area contributed by atoms with Gasteiger partial charge in [-0.2, -0.15) is 0 Å². The third-order valence-corrected chi connectivity index (χ3v) is 3.19. The summed E-state index contributed by atoms with van der Waals surface area (Å²) < 4.78 is 7.46. The van der Waals surface area contributed by atoms with Crippen molar-refractivity contribution < 1.29 is 4.74 Å². The zero-order valence-electron chi connectivity index (χ0n) is 10.5. The summed E-state index contributed by atoms with van der Waals surface area (Å²) in [5, 5.41) is 9.16. The third kappa shape index (κ3) is 2.55. The van der Waals surface area contributed by atoms with Crippen molar-refractivity contribution in [1.29, 1.82) is 0 Å². The Labute approximate surface area is 125 Å². The SMILES string of the molecule is Cc1nc(Cl)cc2nnc(COc3cccc(Cl)c3)n12. The van der Waals surface area contributed by atoms with E-state index in [0.29, 0.717) is 33.2 Å². The Morgan fingerprint density at radius 3 is 2.85 bits per heavy atom. The smallest absolute Gasteiger partial charge is 0.176 e. The van der Waals surface area contributed by atoms with E-state index in [1.54, 1.807) is 22.6 Å². The van der Waals surface area contributed by atoms with Crippen LogP contribution in [0.25, 0.3) is 5.65 Å². The lowest BCUT2D eigenvalue weighted by Crippen LogP contribution is -2.05. The summed E-state index contributed by atoms with van der Waals surface area (Å²) in [5.74, 6) is 2.04. The van der Waals surface area contributed by atoms with E-state index in [-0.39, 0.29) is 6.61 Å². The number of benzene rings is 1. The number of aromatic nitrogens is 4. The van der Waals surface area contributed by atoms with Gasteiger partial charge in [-0.15, -0.1) is 10.2 Å². The molecule has 0 spiro atoms. The van der Waals surface area contributed by atoms with E-state index in [2.05, 4.69) is 15.2 Å². The van der Waals surface area contributed by atoms with Gasteiger partial charge in [-0.25, -0.2) is 4.98 Å². The molecule has 3 aromatic rings. The van der Waals surface area contributed by atoms with Crippen molar-refractivity contribution in [1.82, 2.24) is 19.6 Å². The molecule has 0 radical (unpaired) electrons. The van der Waals surface area contributed by atoms with Crippen molar-refractivity contribution in [2.75, 3.05) is 0 Å². The van der Waals surface area contributed by atoms with Crippen molar-refractivity contribution >= 4 is 28.8 Å². The van der Waals surface area contributed by atoms with Gasteiger partial charge in [0.2, 0.25) is 0 Å². The minimum absolute atomic E-state index is 0.270. The van der Waals surface area contributed by atoms with E-state index >= 15 is 0 Å². The van der Waals surface area contributed by atoms with Crippen LogP contribution in [0, 0.1) is 6.92 Å². The topological polar surface area (TPSA) is 52.3 Å². The Bertz CT molecular complexity index is 772. The molecule has 7 heteroatoms. The van der Waals surface area contributed by atoms with Crippen LogP contribution in [0.2, 0.25) is 10.2 Å². The summed E-state index contributed by atoms with van der Waals surface area (Å²) in [6, 6.07) is 8.84. The molecule has 0 aliphatic carbocycles. The normalized spacial score (nSPS) is 10.9. The van der Waals surface area contributed by atoms with Crippen LogP contribution in [0.1, 0.15) is 11.6 Å². The van der Waals surface area contributed by atoms with E-state index in [1.807, 2.05) is 19.1 Å². The maximum Gasteiger partial charge on any atom is 0.176 e. The van der Waals surface area contributed by atoms with Crippen LogP contribution in [-0.4, -0.2) is 19.6 Å². The van der Waals surface area contributed by atoms with E-state index in [0.717, 1.165) is 0 Å². The molecule has 0 fully saturated rings. The van der Waals surface area contributed by atoms with Gasteiger partial charge in [0.05, 0.1) is 0 Å². The predicted octanol–water partition coefficient (Wildman–Crippen LogP) is 3.32. The lowest BCUT2D eigenvalue weighted by Gasteiger charge is -2.06. The second kappa shape index (κ2) is 5.26. The van der Waals surface area contributed by atoms with Gasteiger partial charge in [-0.3, -0.25) is 4.40 Å². The van der Waals surface area contributed by atoms with Gasteiger partial charge in [0.1, 0.15) is 23.3 Å². The van der Waals surface area contributed by atoms with E-state index < -0.39 is 0 Å². The quantitative estimate of drug-likeness (QED) is 0.697. The van der Waals surface area contributed by atoms with Crippen LogP contribution in [0.15, 0.2) is 30.3 Å². The van der Waals surface area contributed by atoms with Gasteiger partial charge in [0.25, 0.3) is 0 Å². The number of aryl methyl sites for hydroxylation is 1. The predicted molar refractivity (Wildman–Crippen MR) is 76.3 cm³/mol. The van der Waals surface area contributed by atoms with Crippen LogP contribution in [0.5, 0.6) is 5.75 Å². The standard InChI is InChI=1S/C13H10Cl2N4O/c1-8-16-11(15)6-12-17-18-13(19(8)12)7-20-10-4-2-3-9(14)5-10/h2-6H,7H2,1H3. The summed E-state index contributed by atoms with van der Waals surface area (Å²) in [6.07, 6.45) is 0. The average molecular weight is 309 g/mol. The Morgan fingerprint density at radius 1 is 1.20 bits per heavy atom. The van der Waals surface area contributed by atoms with E-state index in [4.69, 9.17) is 27.9 Å². The first-order valence-electron chi connectivity index (χ1n) is 5.89. The molecule has 0 saturated heterocycles. The fraction of sp³-hybridized carbons (Fsp3) is 0.154.